The Morgan fingerprint density at radius 3 is 2.56 bits per heavy atom. The van der Waals surface area contributed by atoms with Crippen molar-refractivity contribution in [2.75, 3.05) is 25.6 Å². The average Bonchev–Trinajstić information content (AvgIpc) is 2.64. The first kappa shape index (κ1) is 21.4. The lowest BCUT2D eigenvalue weighted by Gasteiger charge is -2.18. The highest BCUT2D eigenvalue weighted by Crippen LogP contribution is 2.27. The van der Waals surface area contributed by atoms with Gasteiger partial charge in [-0.3, -0.25) is 0 Å². The molecule has 0 aliphatic rings. The molecule has 1 atom stereocenters. The monoisotopic (exact) mass is 410 g/mol. The van der Waals surface area contributed by atoms with E-state index in [1.54, 1.807) is 30.0 Å². The lowest BCUT2D eigenvalue weighted by atomic mass is 10.2. The third-order valence-corrected chi connectivity index (χ3v) is 4.96. The molecule has 0 spiro atoms. The van der Waals surface area contributed by atoms with Crippen LogP contribution in [-0.4, -0.2) is 42.8 Å². The highest BCUT2D eigenvalue weighted by Gasteiger charge is 2.12. The molecule has 2 aromatic rings. The second kappa shape index (κ2) is 11.1. The quantitative estimate of drug-likeness (QED) is 0.542. The van der Waals surface area contributed by atoms with Crippen LogP contribution in [0.4, 0.5) is 0 Å². The van der Waals surface area contributed by atoms with Gasteiger partial charge in [0.1, 0.15) is 24.2 Å². The lowest BCUT2D eigenvalue weighted by molar-refractivity contribution is -0.139. The Hall–Kier alpha value is -1.89. The summed E-state index contributed by atoms with van der Waals surface area (Å²) in [6, 6.07) is 12.9. The SMILES string of the molecule is CCOC(COc1ccc(Cl)cc1)CSc1ccc(OCC(=O)O)c(C)c1. The van der Waals surface area contributed by atoms with Crippen LogP contribution in [-0.2, 0) is 9.53 Å². The van der Waals surface area contributed by atoms with E-state index >= 15 is 0 Å². The summed E-state index contributed by atoms with van der Waals surface area (Å²) in [5.74, 6) is 1.07. The van der Waals surface area contributed by atoms with E-state index in [1.165, 1.54) is 0 Å². The number of aryl methyl sites for hydroxylation is 1. The molecule has 0 saturated carbocycles. The number of hydrogen-bond donors (Lipinski definition) is 1. The molecule has 0 fully saturated rings. The number of hydrogen-bond acceptors (Lipinski definition) is 5. The van der Waals surface area contributed by atoms with Crippen molar-refractivity contribution in [1.82, 2.24) is 0 Å². The van der Waals surface area contributed by atoms with Crippen LogP contribution in [0.25, 0.3) is 0 Å². The second-order valence-corrected chi connectivity index (χ2v) is 7.29. The number of carbonyl (C=O) groups is 1. The summed E-state index contributed by atoms with van der Waals surface area (Å²) in [5.41, 5.74) is 0.895. The molecule has 0 aromatic heterocycles. The van der Waals surface area contributed by atoms with Crippen molar-refractivity contribution in [3.63, 3.8) is 0 Å². The van der Waals surface area contributed by atoms with Gasteiger partial charge in [-0.1, -0.05) is 11.6 Å². The van der Waals surface area contributed by atoms with Gasteiger partial charge in [0.2, 0.25) is 0 Å². The standard InChI is InChI=1S/C20H23ClO5S/c1-3-24-17(11-25-16-6-4-15(21)5-7-16)13-27-18-8-9-19(14(2)10-18)26-12-20(22)23/h4-10,17H,3,11-13H2,1-2H3,(H,22,23). The van der Waals surface area contributed by atoms with E-state index < -0.39 is 5.97 Å². The van der Waals surface area contributed by atoms with Crippen LogP contribution in [0.15, 0.2) is 47.4 Å². The molecule has 1 unspecified atom stereocenters. The molecular formula is C20H23ClO5S. The number of carboxylic acid groups (broad SMARTS) is 1. The van der Waals surface area contributed by atoms with Crippen molar-refractivity contribution in [3.8, 4) is 11.5 Å². The Labute approximate surface area is 168 Å². The molecule has 0 saturated heterocycles. The lowest BCUT2D eigenvalue weighted by Crippen LogP contribution is -2.24. The van der Waals surface area contributed by atoms with E-state index in [9.17, 15) is 4.79 Å². The summed E-state index contributed by atoms with van der Waals surface area (Å²) in [5, 5.41) is 9.37. The molecule has 0 radical (unpaired) electrons. The molecule has 27 heavy (non-hydrogen) atoms. The van der Waals surface area contributed by atoms with Gasteiger partial charge in [0.15, 0.2) is 6.61 Å². The predicted octanol–water partition coefficient (Wildman–Crippen LogP) is 4.69. The maximum absolute atomic E-state index is 10.6. The molecular weight excluding hydrogens is 388 g/mol. The largest absolute Gasteiger partial charge is 0.491 e. The number of rotatable bonds is 11. The molecule has 146 valence electrons. The van der Waals surface area contributed by atoms with E-state index in [4.69, 9.17) is 30.9 Å². The first-order valence-corrected chi connectivity index (χ1v) is 9.92. The van der Waals surface area contributed by atoms with E-state index in [2.05, 4.69) is 0 Å². The Morgan fingerprint density at radius 2 is 1.93 bits per heavy atom. The summed E-state index contributed by atoms with van der Waals surface area (Å²) in [7, 11) is 0. The zero-order valence-corrected chi connectivity index (χ0v) is 16.9. The van der Waals surface area contributed by atoms with Crippen molar-refractivity contribution in [3.05, 3.63) is 53.1 Å². The molecule has 0 amide bonds. The number of halogens is 1. The normalized spacial score (nSPS) is 11.8. The van der Waals surface area contributed by atoms with Gasteiger partial charge in [-0.05, 0) is 61.9 Å². The van der Waals surface area contributed by atoms with Crippen LogP contribution in [0.2, 0.25) is 5.02 Å². The van der Waals surface area contributed by atoms with Gasteiger partial charge in [0.05, 0.1) is 0 Å². The van der Waals surface area contributed by atoms with Crippen molar-refractivity contribution in [1.29, 1.82) is 0 Å². The molecule has 0 aliphatic carbocycles. The number of ether oxygens (including phenoxy) is 3. The maximum atomic E-state index is 10.6. The van der Waals surface area contributed by atoms with Crippen molar-refractivity contribution < 1.29 is 24.1 Å². The molecule has 2 aromatic carbocycles. The van der Waals surface area contributed by atoms with Crippen LogP contribution < -0.4 is 9.47 Å². The minimum Gasteiger partial charge on any atom is -0.491 e. The van der Waals surface area contributed by atoms with Gasteiger partial charge in [-0.15, -0.1) is 11.8 Å². The Bertz CT molecular complexity index is 736. The first-order valence-electron chi connectivity index (χ1n) is 8.56. The summed E-state index contributed by atoms with van der Waals surface area (Å²) >= 11 is 7.53. The van der Waals surface area contributed by atoms with E-state index in [1.807, 2.05) is 38.1 Å². The number of benzene rings is 2. The van der Waals surface area contributed by atoms with Crippen LogP contribution in [0.1, 0.15) is 12.5 Å². The molecule has 7 heteroatoms. The van der Waals surface area contributed by atoms with Crippen molar-refractivity contribution in [2.24, 2.45) is 0 Å². The van der Waals surface area contributed by atoms with Crippen LogP contribution in [0.3, 0.4) is 0 Å². The topological polar surface area (TPSA) is 65.0 Å². The number of carboxylic acids is 1. The fourth-order valence-electron chi connectivity index (χ4n) is 2.30. The number of aliphatic carboxylic acids is 1. The first-order chi connectivity index (χ1) is 13.0. The van der Waals surface area contributed by atoms with Crippen LogP contribution in [0, 0.1) is 6.92 Å². The van der Waals surface area contributed by atoms with E-state index in [0.29, 0.717) is 24.0 Å². The van der Waals surface area contributed by atoms with Gasteiger partial charge in [0, 0.05) is 22.3 Å². The summed E-state index contributed by atoms with van der Waals surface area (Å²) in [4.78, 5) is 11.7. The Morgan fingerprint density at radius 1 is 1.19 bits per heavy atom. The molecule has 2 rings (SSSR count). The zero-order valence-electron chi connectivity index (χ0n) is 15.3. The highest BCUT2D eigenvalue weighted by atomic mass is 35.5. The van der Waals surface area contributed by atoms with Gasteiger partial charge in [-0.2, -0.15) is 0 Å². The smallest absolute Gasteiger partial charge is 0.341 e. The Balaban J connectivity index is 1.87. The average molecular weight is 411 g/mol. The predicted molar refractivity (Wildman–Crippen MR) is 107 cm³/mol. The highest BCUT2D eigenvalue weighted by molar-refractivity contribution is 7.99. The minimum atomic E-state index is -0.993. The molecule has 0 aliphatic heterocycles. The van der Waals surface area contributed by atoms with Crippen molar-refractivity contribution >= 4 is 29.3 Å². The van der Waals surface area contributed by atoms with Crippen LogP contribution in [0.5, 0.6) is 11.5 Å². The van der Waals surface area contributed by atoms with Gasteiger partial charge < -0.3 is 19.3 Å². The molecule has 0 bridgehead atoms. The van der Waals surface area contributed by atoms with Gasteiger partial charge in [-0.25, -0.2) is 4.79 Å². The zero-order chi connectivity index (χ0) is 19.6. The van der Waals surface area contributed by atoms with Crippen LogP contribution >= 0.6 is 23.4 Å². The van der Waals surface area contributed by atoms with Gasteiger partial charge in [0.25, 0.3) is 0 Å². The van der Waals surface area contributed by atoms with Crippen molar-refractivity contribution in [2.45, 2.75) is 24.8 Å². The van der Waals surface area contributed by atoms with E-state index in [-0.39, 0.29) is 12.7 Å². The third-order valence-electron chi connectivity index (χ3n) is 3.59. The third kappa shape index (κ3) is 7.71. The fraction of sp³-hybridized carbons (Fsp3) is 0.350. The number of thioether (sulfide) groups is 1. The molecule has 1 N–H and O–H groups in total. The molecule has 5 nitrogen and oxygen atoms in total. The second-order valence-electron chi connectivity index (χ2n) is 5.76. The minimum absolute atomic E-state index is 0.0566. The van der Waals surface area contributed by atoms with E-state index in [0.717, 1.165) is 22.0 Å². The Kier molecular flexibility index (Phi) is 8.78. The summed E-state index contributed by atoms with van der Waals surface area (Å²) in [6.07, 6.45) is -0.0566. The summed E-state index contributed by atoms with van der Waals surface area (Å²) in [6.45, 7) is 4.56. The fourth-order valence-corrected chi connectivity index (χ4v) is 3.42. The maximum Gasteiger partial charge on any atom is 0.341 e. The molecule has 0 heterocycles. The van der Waals surface area contributed by atoms with Gasteiger partial charge >= 0.3 is 5.97 Å². The summed E-state index contributed by atoms with van der Waals surface area (Å²) < 4.78 is 16.8.